The highest BCUT2D eigenvalue weighted by molar-refractivity contribution is 7.91. The molecule has 0 saturated heterocycles. The Hall–Kier alpha value is -4.37. The molecule has 0 atom stereocenters. The van der Waals surface area contributed by atoms with Crippen molar-refractivity contribution in [2.24, 2.45) is 20.5 Å². The summed E-state index contributed by atoms with van der Waals surface area (Å²) in [5.41, 5.74) is 5.05. The predicted molar refractivity (Wildman–Crippen MR) is 213 cm³/mol. The van der Waals surface area contributed by atoms with E-state index in [0.717, 1.165) is 50.4 Å². The van der Waals surface area contributed by atoms with Crippen molar-refractivity contribution in [3.63, 3.8) is 0 Å². The Labute approximate surface area is 306 Å². The van der Waals surface area contributed by atoms with Gasteiger partial charge in [-0.25, -0.2) is 8.42 Å². The van der Waals surface area contributed by atoms with Crippen molar-refractivity contribution in [3.8, 4) is 0 Å². The Morgan fingerprint density at radius 2 is 0.706 bits per heavy atom. The number of benzene rings is 4. The number of rotatable bonds is 22. The first-order valence-corrected chi connectivity index (χ1v) is 20.3. The summed E-state index contributed by atoms with van der Waals surface area (Å²) < 4.78 is 26.7. The highest BCUT2D eigenvalue weighted by Gasteiger charge is 2.17. The van der Waals surface area contributed by atoms with Crippen LogP contribution in [0.1, 0.15) is 91.9 Å². The van der Waals surface area contributed by atoms with Gasteiger partial charge in [0.2, 0.25) is 9.84 Å². The van der Waals surface area contributed by atoms with Gasteiger partial charge in [0.25, 0.3) is 0 Å². The molecule has 4 aromatic carbocycles. The van der Waals surface area contributed by atoms with E-state index >= 15 is 0 Å². The first kappa shape index (κ1) is 39.4. The highest BCUT2D eigenvalue weighted by Crippen LogP contribution is 2.28. The zero-order valence-electron chi connectivity index (χ0n) is 31.0. The minimum atomic E-state index is -3.72. The fraction of sp³-hybridized carbons (Fsp3) is 0.429. The van der Waals surface area contributed by atoms with Gasteiger partial charge in [-0.2, -0.15) is 20.5 Å². The number of sulfone groups is 1. The third-order valence-corrected chi connectivity index (χ3v) is 10.6. The lowest BCUT2D eigenvalue weighted by molar-refractivity contribution is 0.596. The van der Waals surface area contributed by atoms with Gasteiger partial charge in [-0.15, -0.1) is 0 Å². The van der Waals surface area contributed by atoms with Crippen LogP contribution >= 0.6 is 0 Å². The molecule has 51 heavy (non-hydrogen) atoms. The predicted octanol–water partition coefficient (Wildman–Crippen LogP) is 12.9. The van der Waals surface area contributed by atoms with E-state index in [1.165, 1.54) is 62.7 Å². The average Bonchev–Trinajstić information content (AvgIpc) is 3.16. The first-order chi connectivity index (χ1) is 24.9. The molecule has 0 radical (unpaired) electrons. The number of hydrogen-bond donors (Lipinski definition) is 0. The SMILES string of the molecule is CCCCCCN(CCCCCC)c1ccc(N=Nc2ccc(S(=O)(=O)c3ccc(N=Nc4ccc(N(CCC)CCC)cc4)cc3)cc2)cc1. The molecule has 4 aromatic rings. The van der Waals surface area contributed by atoms with Crippen molar-refractivity contribution in [1.82, 2.24) is 0 Å². The number of hydrogen-bond acceptors (Lipinski definition) is 8. The van der Waals surface area contributed by atoms with Crippen LogP contribution in [0.5, 0.6) is 0 Å². The third kappa shape index (κ3) is 12.4. The molecular formula is C42H56N6O2S. The minimum Gasteiger partial charge on any atom is -0.372 e. The van der Waals surface area contributed by atoms with Crippen LogP contribution in [0.3, 0.4) is 0 Å². The molecule has 8 nitrogen and oxygen atoms in total. The Balaban J connectivity index is 1.35. The van der Waals surface area contributed by atoms with Crippen molar-refractivity contribution in [2.45, 2.75) is 102 Å². The van der Waals surface area contributed by atoms with E-state index in [4.69, 9.17) is 0 Å². The number of anilines is 2. The number of unbranched alkanes of at least 4 members (excludes halogenated alkanes) is 6. The summed E-state index contributed by atoms with van der Waals surface area (Å²) in [6.07, 6.45) is 12.2. The maximum Gasteiger partial charge on any atom is 0.206 e. The van der Waals surface area contributed by atoms with Crippen LogP contribution in [-0.2, 0) is 9.84 Å². The van der Waals surface area contributed by atoms with Gasteiger partial charge in [-0.05, 0) is 123 Å². The molecule has 272 valence electrons. The zero-order chi connectivity index (χ0) is 36.3. The number of azo groups is 2. The maximum atomic E-state index is 13.4. The minimum absolute atomic E-state index is 0.192. The molecule has 0 fully saturated rings. The van der Waals surface area contributed by atoms with Crippen molar-refractivity contribution < 1.29 is 8.42 Å². The fourth-order valence-corrected chi connectivity index (χ4v) is 7.21. The van der Waals surface area contributed by atoms with Gasteiger partial charge < -0.3 is 9.80 Å². The molecule has 4 rings (SSSR count). The van der Waals surface area contributed by atoms with Crippen molar-refractivity contribution in [2.75, 3.05) is 36.0 Å². The van der Waals surface area contributed by atoms with Gasteiger partial charge in [-0.3, -0.25) is 0 Å². The molecule has 0 aliphatic heterocycles. The van der Waals surface area contributed by atoms with E-state index in [2.05, 4.69) is 82.2 Å². The lowest BCUT2D eigenvalue weighted by atomic mass is 10.1. The van der Waals surface area contributed by atoms with E-state index in [9.17, 15) is 8.42 Å². The summed E-state index contributed by atoms with van der Waals surface area (Å²) in [7, 11) is -3.72. The molecule has 0 amide bonds. The summed E-state index contributed by atoms with van der Waals surface area (Å²) in [5.74, 6) is 0. The van der Waals surface area contributed by atoms with Crippen molar-refractivity contribution in [3.05, 3.63) is 97.1 Å². The third-order valence-electron chi connectivity index (χ3n) is 8.84. The van der Waals surface area contributed by atoms with Crippen LogP contribution in [0.25, 0.3) is 0 Å². The summed E-state index contributed by atoms with van der Waals surface area (Å²) in [4.78, 5) is 5.25. The van der Waals surface area contributed by atoms with Crippen LogP contribution in [0.2, 0.25) is 0 Å². The Bertz CT molecular complexity index is 1720. The normalized spacial score (nSPS) is 11.8. The summed E-state index contributed by atoms with van der Waals surface area (Å²) >= 11 is 0. The quantitative estimate of drug-likeness (QED) is 0.0600. The van der Waals surface area contributed by atoms with Gasteiger partial charge >= 0.3 is 0 Å². The number of nitrogens with zero attached hydrogens (tertiary/aromatic N) is 6. The fourth-order valence-electron chi connectivity index (χ4n) is 5.95. The van der Waals surface area contributed by atoms with Crippen LogP contribution < -0.4 is 9.80 Å². The Morgan fingerprint density at radius 1 is 0.392 bits per heavy atom. The van der Waals surface area contributed by atoms with Crippen LogP contribution in [0, 0.1) is 0 Å². The highest BCUT2D eigenvalue weighted by atomic mass is 32.2. The second-order valence-corrected chi connectivity index (χ2v) is 15.0. The topological polar surface area (TPSA) is 90.1 Å². The first-order valence-electron chi connectivity index (χ1n) is 18.9. The lowest BCUT2D eigenvalue weighted by Gasteiger charge is -2.25. The Morgan fingerprint density at radius 3 is 1.02 bits per heavy atom. The zero-order valence-corrected chi connectivity index (χ0v) is 31.9. The monoisotopic (exact) mass is 708 g/mol. The molecule has 0 heterocycles. The van der Waals surface area contributed by atoms with Gasteiger partial charge in [0.1, 0.15) is 0 Å². The van der Waals surface area contributed by atoms with E-state index in [0.29, 0.717) is 11.4 Å². The second-order valence-electron chi connectivity index (χ2n) is 13.0. The lowest BCUT2D eigenvalue weighted by Crippen LogP contribution is -2.25. The van der Waals surface area contributed by atoms with Crippen LogP contribution in [0.15, 0.2) is 127 Å². The molecule has 0 saturated carbocycles. The molecular weight excluding hydrogens is 653 g/mol. The van der Waals surface area contributed by atoms with E-state index < -0.39 is 9.84 Å². The molecule has 0 aliphatic rings. The smallest absolute Gasteiger partial charge is 0.206 e. The molecule has 0 unspecified atom stereocenters. The van der Waals surface area contributed by atoms with Gasteiger partial charge in [-0.1, -0.05) is 66.2 Å². The summed E-state index contributed by atoms with van der Waals surface area (Å²) in [6.45, 7) is 13.1. The van der Waals surface area contributed by atoms with Gasteiger partial charge in [0, 0.05) is 37.6 Å². The molecule has 0 N–H and O–H groups in total. The summed E-state index contributed by atoms with van der Waals surface area (Å²) in [6, 6.07) is 29.3. The van der Waals surface area contributed by atoms with E-state index in [1.54, 1.807) is 48.5 Å². The van der Waals surface area contributed by atoms with E-state index in [-0.39, 0.29) is 9.79 Å². The van der Waals surface area contributed by atoms with E-state index in [1.807, 2.05) is 24.3 Å². The molecule has 0 aromatic heterocycles. The van der Waals surface area contributed by atoms with Crippen molar-refractivity contribution >= 4 is 44.0 Å². The van der Waals surface area contributed by atoms with Gasteiger partial charge in [0.05, 0.1) is 32.5 Å². The molecule has 0 aliphatic carbocycles. The molecule has 0 spiro atoms. The van der Waals surface area contributed by atoms with Crippen LogP contribution in [-0.4, -0.2) is 34.6 Å². The maximum absolute atomic E-state index is 13.4. The second kappa shape index (κ2) is 21.1. The van der Waals surface area contributed by atoms with Gasteiger partial charge in [0.15, 0.2) is 0 Å². The Kier molecular flexibility index (Phi) is 16.3. The largest absolute Gasteiger partial charge is 0.372 e. The van der Waals surface area contributed by atoms with Crippen molar-refractivity contribution in [1.29, 1.82) is 0 Å². The average molecular weight is 709 g/mol. The molecule has 0 bridgehead atoms. The summed E-state index contributed by atoms with van der Waals surface area (Å²) in [5, 5.41) is 17.4. The standard InChI is InChI=1S/C42H56N6O2S/c1-5-9-11-13-33-48(34-14-12-10-6-2)40-25-17-36(18-26-40)44-46-38-21-29-42(30-22-38)51(49,50)41-27-19-37(20-28-41)45-43-35-15-23-39(24-16-35)47(31-7-3)32-8-4/h15-30H,5-14,31-34H2,1-4H3. The van der Waals surface area contributed by atoms with Crippen LogP contribution in [0.4, 0.5) is 34.1 Å². The molecule has 9 heteroatoms.